The molecule has 3 rings (SSSR count). The first-order chi connectivity index (χ1) is 11.5. The van der Waals surface area contributed by atoms with Gasteiger partial charge in [-0.2, -0.15) is 0 Å². The second-order valence-corrected chi connectivity index (χ2v) is 7.72. The third kappa shape index (κ3) is 3.57. The molecule has 0 bridgehead atoms. The van der Waals surface area contributed by atoms with Crippen molar-refractivity contribution in [3.8, 4) is 0 Å². The van der Waals surface area contributed by atoms with E-state index in [2.05, 4.69) is 72.9 Å². The van der Waals surface area contributed by atoms with Crippen molar-refractivity contribution < 1.29 is 0 Å². The molecule has 1 aromatic carbocycles. The highest BCUT2D eigenvalue weighted by molar-refractivity contribution is 7.80. The minimum absolute atomic E-state index is 0.204. The van der Waals surface area contributed by atoms with Gasteiger partial charge in [-0.05, 0) is 68.8 Å². The van der Waals surface area contributed by atoms with Crippen LogP contribution < -0.4 is 15.5 Å². The summed E-state index contributed by atoms with van der Waals surface area (Å²) in [6.07, 6.45) is 3.63. The molecule has 24 heavy (non-hydrogen) atoms. The molecule has 0 amide bonds. The number of nitrogens with one attached hydrogen (secondary N) is 2. The van der Waals surface area contributed by atoms with Crippen molar-refractivity contribution in [2.75, 3.05) is 39.6 Å². The third-order valence-corrected chi connectivity index (χ3v) is 5.17. The first-order valence-corrected chi connectivity index (χ1v) is 9.09. The van der Waals surface area contributed by atoms with Crippen molar-refractivity contribution in [2.45, 2.75) is 25.3 Å². The highest BCUT2D eigenvalue weighted by atomic mass is 32.1. The van der Waals surface area contributed by atoms with Crippen LogP contribution in [0.2, 0.25) is 0 Å². The molecule has 2 aliphatic rings. The Hall–Kier alpha value is -1.59. The number of rotatable bonds is 4. The van der Waals surface area contributed by atoms with Crippen LogP contribution in [0.4, 0.5) is 5.69 Å². The van der Waals surface area contributed by atoms with Crippen LogP contribution >= 0.6 is 12.2 Å². The van der Waals surface area contributed by atoms with Gasteiger partial charge < -0.3 is 20.4 Å². The van der Waals surface area contributed by atoms with E-state index < -0.39 is 0 Å². The average Bonchev–Trinajstić information content (AvgIpc) is 2.54. The zero-order chi connectivity index (χ0) is 17.3. The van der Waals surface area contributed by atoms with E-state index in [1.807, 2.05) is 0 Å². The number of nitrogens with zero attached hydrogens (tertiary/aromatic N) is 2. The van der Waals surface area contributed by atoms with Gasteiger partial charge in [-0.3, -0.25) is 0 Å². The molecule has 0 spiro atoms. The highest BCUT2D eigenvalue weighted by Gasteiger charge is 2.33. The number of benzene rings is 1. The Morgan fingerprint density at radius 2 is 1.83 bits per heavy atom. The van der Waals surface area contributed by atoms with Gasteiger partial charge in [-0.25, -0.2) is 0 Å². The second kappa shape index (κ2) is 7.11. The molecule has 0 saturated heterocycles. The van der Waals surface area contributed by atoms with Gasteiger partial charge in [0.2, 0.25) is 0 Å². The molecule has 5 heteroatoms. The fraction of sp³-hybridized carbons (Fsp3) is 0.526. The molecule has 1 aromatic rings. The van der Waals surface area contributed by atoms with Gasteiger partial charge in [-0.1, -0.05) is 12.1 Å². The molecule has 1 aliphatic heterocycles. The summed E-state index contributed by atoms with van der Waals surface area (Å²) in [7, 11) is 8.43. The van der Waals surface area contributed by atoms with E-state index in [0.29, 0.717) is 5.92 Å². The van der Waals surface area contributed by atoms with E-state index in [-0.39, 0.29) is 6.04 Å². The number of hydrogen-bond acceptors (Lipinski definition) is 3. The Labute approximate surface area is 150 Å². The summed E-state index contributed by atoms with van der Waals surface area (Å²) in [5.41, 5.74) is 5.36. The lowest BCUT2D eigenvalue weighted by atomic mass is 9.80. The minimum Gasteiger partial charge on any atom is -0.378 e. The maximum absolute atomic E-state index is 5.51. The predicted molar refractivity (Wildman–Crippen MR) is 105 cm³/mol. The highest BCUT2D eigenvalue weighted by Crippen LogP contribution is 2.38. The van der Waals surface area contributed by atoms with Crippen molar-refractivity contribution >= 4 is 23.0 Å². The quantitative estimate of drug-likeness (QED) is 0.820. The monoisotopic (exact) mass is 344 g/mol. The fourth-order valence-corrected chi connectivity index (χ4v) is 4.04. The smallest absolute Gasteiger partial charge is 0.171 e. The lowest BCUT2D eigenvalue weighted by Gasteiger charge is -2.39. The topological polar surface area (TPSA) is 30.5 Å². The zero-order valence-corrected chi connectivity index (χ0v) is 15.9. The maximum atomic E-state index is 5.51. The van der Waals surface area contributed by atoms with Crippen molar-refractivity contribution in [1.29, 1.82) is 0 Å². The van der Waals surface area contributed by atoms with Crippen LogP contribution in [-0.4, -0.2) is 44.7 Å². The van der Waals surface area contributed by atoms with Gasteiger partial charge in [0.25, 0.3) is 0 Å². The summed E-state index contributed by atoms with van der Waals surface area (Å²) < 4.78 is 0. The average molecular weight is 345 g/mol. The lowest BCUT2D eigenvalue weighted by Crippen LogP contribution is -2.47. The Kier molecular flexibility index (Phi) is 5.11. The molecular weight excluding hydrogens is 316 g/mol. The van der Waals surface area contributed by atoms with Crippen LogP contribution in [0, 0.1) is 5.92 Å². The zero-order valence-electron chi connectivity index (χ0n) is 15.1. The first kappa shape index (κ1) is 17.2. The van der Waals surface area contributed by atoms with E-state index in [9.17, 15) is 0 Å². The molecule has 130 valence electrons. The van der Waals surface area contributed by atoms with Crippen molar-refractivity contribution in [3.05, 3.63) is 41.1 Å². The van der Waals surface area contributed by atoms with E-state index >= 15 is 0 Å². The summed E-state index contributed by atoms with van der Waals surface area (Å²) in [6, 6.07) is 9.02. The molecule has 2 atom stereocenters. The number of anilines is 1. The Morgan fingerprint density at radius 1 is 1.12 bits per heavy atom. The summed E-state index contributed by atoms with van der Waals surface area (Å²) in [5.74, 6) is 0.548. The van der Waals surface area contributed by atoms with E-state index in [1.54, 1.807) is 0 Å². The summed E-state index contributed by atoms with van der Waals surface area (Å²) >= 11 is 5.51. The van der Waals surface area contributed by atoms with Gasteiger partial charge >= 0.3 is 0 Å². The molecule has 0 radical (unpaired) electrons. The van der Waals surface area contributed by atoms with Crippen LogP contribution in [-0.2, 0) is 0 Å². The Bertz CT molecular complexity index is 633. The van der Waals surface area contributed by atoms with Gasteiger partial charge in [-0.15, -0.1) is 0 Å². The largest absolute Gasteiger partial charge is 0.378 e. The Balaban J connectivity index is 1.93. The van der Waals surface area contributed by atoms with Crippen molar-refractivity contribution in [1.82, 2.24) is 15.5 Å². The second-order valence-electron chi connectivity index (χ2n) is 7.31. The van der Waals surface area contributed by atoms with E-state index in [0.717, 1.165) is 18.1 Å². The maximum Gasteiger partial charge on any atom is 0.171 e. The van der Waals surface area contributed by atoms with E-state index in [1.165, 1.54) is 35.4 Å². The number of hydrogen-bond donors (Lipinski definition) is 2. The van der Waals surface area contributed by atoms with Crippen molar-refractivity contribution in [3.63, 3.8) is 0 Å². The van der Waals surface area contributed by atoms with Crippen LogP contribution in [0.3, 0.4) is 0 Å². The standard InChI is InChI=1S/C19H28N4S/c1-22(2)12-14-6-5-7-16-17(20-19(24)21-18(14)16)13-8-10-15(11-9-13)23(3)4/h8-11,14,17H,5-7,12H2,1-4H3,(H2,20,21,24). The Morgan fingerprint density at radius 3 is 2.46 bits per heavy atom. The molecule has 0 fully saturated rings. The van der Waals surface area contributed by atoms with Crippen LogP contribution in [0.5, 0.6) is 0 Å². The van der Waals surface area contributed by atoms with Crippen molar-refractivity contribution in [2.24, 2.45) is 5.92 Å². The van der Waals surface area contributed by atoms with E-state index in [4.69, 9.17) is 12.2 Å². The molecular formula is C19H28N4S. The molecule has 0 saturated carbocycles. The molecule has 4 nitrogen and oxygen atoms in total. The van der Waals surface area contributed by atoms with Crippen LogP contribution in [0.1, 0.15) is 30.9 Å². The molecule has 1 heterocycles. The molecule has 1 aliphatic carbocycles. The molecule has 0 aromatic heterocycles. The van der Waals surface area contributed by atoms with Gasteiger partial charge in [0.05, 0.1) is 6.04 Å². The van der Waals surface area contributed by atoms with Gasteiger partial charge in [0.1, 0.15) is 0 Å². The molecule has 2 unspecified atom stereocenters. The molecule has 2 N–H and O–H groups in total. The van der Waals surface area contributed by atoms with Crippen LogP contribution in [0.15, 0.2) is 35.5 Å². The first-order valence-electron chi connectivity index (χ1n) is 8.68. The predicted octanol–water partition coefficient (Wildman–Crippen LogP) is 2.89. The summed E-state index contributed by atoms with van der Waals surface area (Å²) in [6.45, 7) is 1.07. The summed E-state index contributed by atoms with van der Waals surface area (Å²) in [4.78, 5) is 4.40. The number of thiocarbonyl (C=S) groups is 1. The van der Waals surface area contributed by atoms with Gasteiger partial charge in [0.15, 0.2) is 5.11 Å². The SMILES string of the molecule is CN(C)CC1CCCC2=C1NC(=S)NC2c1ccc(N(C)C)cc1. The lowest BCUT2D eigenvalue weighted by molar-refractivity contribution is 0.314. The van der Waals surface area contributed by atoms with Gasteiger partial charge in [0, 0.05) is 37.9 Å². The summed E-state index contributed by atoms with van der Waals surface area (Å²) in [5, 5.41) is 7.71. The minimum atomic E-state index is 0.204. The normalized spacial score (nSPS) is 23.6. The van der Waals surface area contributed by atoms with Crippen LogP contribution in [0.25, 0.3) is 0 Å². The third-order valence-electron chi connectivity index (χ3n) is 4.95. The fourth-order valence-electron chi connectivity index (χ4n) is 3.81.